The van der Waals surface area contributed by atoms with E-state index in [2.05, 4.69) is 4.74 Å². The summed E-state index contributed by atoms with van der Waals surface area (Å²) in [6.07, 6.45) is 2.18. The average Bonchev–Trinajstić information content (AvgIpc) is 2.19. The van der Waals surface area contributed by atoms with E-state index in [0.717, 1.165) is 19.3 Å². The van der Waals surface area contributed by atoms with Gasteiger partial charge in [-0.3, -0.25) is 9.59 Å². The number of hydrogen-bond acceptors (Lipinski definition) is 4. The van der Waals surface area contributed by atoms with Crippen molar-refractivity contribution >= 4 is 11.8 Å². The summed E-state index contributed by atoms with van der Waals surface area (Å²) in [7, 11) is 1.28. The third kappa shape index (κ3) is 3.14. The Morgan fingerprint density at radius 3 is 2.77 bits per heavy atom. The summed E-state index contributed by atoms with van der Waals surface area (Å²) < 4.78 is 9.62. The Hall–Kier alpha value is -0.900. The van der Waals surface area contributed by atoms with Gasteiger partial charge in [-0.05, 0) is 19.3 Å². The van der Waals surface area contributed by atoms with Crippen LogP contribution in [0.15, 0.2) is 0 Å². The first kappa shape index (κ1) is 10.2. The standard InChI is InChI=1S/C9H14O4/c1-12-9(11)6-7(10)8-4-2-3-5-13-8/h8H,2-6H2,1H3. The van der Waals surface area contributed by atoms with Gasteiger partial charge in [0.25, 0.3) is 0 Å². The summed E-state index contributed by atoms with van der Waals surface area (Å²) in [6.45, 7) is 0.623. The van der Waals surface area contributed by atoms with E-state index in [0.29, 0.717) is 6.61 Å². The minimum atomic E-state index is -0.487. The first-order valence-corrected chi connectivity index (χ1v) is 4.45. The number of carbonyl (C=O) groups excluding carboxylic acids is 2. The SMILES string of the molecule is COC(=O)CC(=O)C1CCCCO1. The molecule has 0 aromatic carbocycles. The number of hydrogen-bond donors (Lipinski definition) is 0. The van der Waals surface area contributed by atoms with E-state index in [1.165, 1.54) is 7.11 Å². The molecule has 0 amide bonds. The van der Waals surface area contributed by atoms with E-state index in [9.17, 15) is 9.59 Å². The Kier molecular flexibility index (Phi) is 3.89. The van der Waals surface area contributed by atoms with E-state index >= 15 is 0 Å². The Bertz CT molecular complexity index is 194. The number of ether oxygens (including phenoxy) is 2. The predicted molar refractivity (Wildman–Crippen MR) is 45.2 cm³/mol. The van der Waals surface area contributed by atoms with Gasteiger partial charge < -0.3 is 9.47 Å². The predicted octanol–water partition coefficient (Wildman–Crippen LogP) is 0.688. The minimum absolute atomic E-state index is 0.161. The third-order valence-corrected chi connectivity index (χ3v) is 2.09. The largest absolute Gasteiger partial charge is 0.469 e. The summed E-state index contributed by atoms with van der Waals surface area (Å²) in [5.41, 5.74) is 0. The summed E-state index contributed by atoms with van der Waals surface area (Å²) in [5.74, 6) is -0.647. The fourth-order valence-corrected chi connectivity index (χ4v) is 1.32. The van der Waals surface area contributed by atoms with Crippen LogP contribution in [-0.4, -0.2) is 31.6 Å². The van der Waals surface area contributed by atoms with E-state index in [1.807, 2.05) is 0 Å². The molecule has 0 radical (unpaired) electrons. The topological polar surface area (TPSA) is 52.6 Å². The molecule has 1 aliphatic rings. The van der Waals surface area contributed by atoms with Crippen molar-refractivity contribution in [2.75, 3.05) is 13.7 Å². The second kappa shape index (κ2) is 4.97. The van der Waals surface area contributed by atoms with Gasteiger partial charge in [-0.15, -0.1) is 0 Å². The first-order chi connectivity index (χ1) is 6.24. The van der Waals surface area contributed by atoms with E-state index in [-0.39, 0.29) is 18.3 Å². The zero-order chi connectivity index (χ0) is 9.68. The summed E-state index contributed by atoms with van der Waals surface area (Å²) >= 11 is 0. The Morgan fingerprint density at radius 2 is 2.23 bits per heavy atom. The minimum Gasteiger partial charge on any atom is -0.469 e. The van der Waals surface area contributed by atoms with Gasteiger partial charge in [0.05, 0.1) is 7.11 Å². The molecule has 1 unspecified atom stereocenters. The van der Waals surface area contributed by atoms with Gasteiger partial charge in [0, 0.05) is 6.61 Å². The van der Waals surface area contributed by atoms with Crippen molar-refractivity contribution in [2.24, 2.45) is 0 Å². The van der Waals surface area contributed by atoms with Crippen LogP contribution in [0.5, 0.6) is 0 Å². The number of ketones is 1. The molecule has 74 valence electrons. The van der Waals surface area contributed by atoms with Crippen molar-refractivity contribution < 1.29 is 19.1 Å². The number of esters is 1. The van der Waals surface area contributed by atoms with Crippen LogP contribution in [0.3, 0.4) is 0 Å². The smallest absolute Gasteiger partial charge is 0.313 e. The molecule has 1 rings (SSSR count). The van der Waals surface area contributed by atoms with Gasteiger partial charge >= 0.3 is 5.97 Å². The highest BCUT2D eigenvalue weighted by molar-refractivity contribution is 5.97. The van der Waals surface area contributed by atoms with Gasteiger partial charge in [-0.1, -0.05) is 0 Å². The summed E-state index contributed by atoms with van der Waals surface area (Å²) in [5, 5.41) is 0. The molecule has 4 heteroatoms. The lowest BCUT2D eigenvalue weighted by molar-refractivity contribution is -0.147. The van der Waals surface area contributed by atoms with Crippen molar-refractivity contribution in [2.45, 2.75) is 31.8 Å². The Morgan fingerprint density at radius 1 is 1.46 bits per heavy atom. The molecule has 0 N–H and O–H groups in total. The monoisotopic (exact) mass is 186 g/mol. The second-order valence-corrected chi connectivity index (χ2v) is 3.07. The number of rotatable bonds is 3. The Balaban J connectivity index is 2.33. The zero-order valence-electron chi connectivity index (χ0n) is 7.75. The van der Waals surface area contributed by atoms with Gasteiger partial charge in [0.1, 0.15) is 12.5 Å². The molecule has 0 aromatic rings. The zero-order valence-corrected chi connectivity index (χ0v) is 7.75. The number of methoxy groups -OCH3 is 1. The van der Waals surface area contributed by atoms with Crippen LogP contribution < -0.4 is 0 Å². The van der Waals surface area contributed by atoms with Crippen molar-refractivity contribution in [3.8, 4) is 0 Å². The highest BCUT2D eigenvalue weighted by atomic mass is 16.5. The van der Waals surface area contributed by atoms with Crippen molar-refractivity contribution in [1.82, 2.24) is 0 Å². The van der Waals surface area contributed by atoms with Crippen LogP contribution in [0.25, 0.3) is 0 Å². The highest BCUT2D eigenvalue weighted by Gasteiger charge is 2.23. The molecular formula is C9H14O4. The van der Waals surface area contributed by atoms with Crippen LogP contribution in [0.4, 0.5) is 0 Å². The Labute approximate surface area is 77.2 Å². The maximum atomic E-state index is 11.3. The average molecular weight is 186 g/mol. The summed E-state index contributed by atoms with van der Waals surface area (Å²) in [4.78, 5) is 22.1. The van der Waals surface area contributed by atoms with Crippen molar-refractivity contribution in [3.63, 3.8) is 0 Å². The van der Waals surface area contributed by atoms with Gasteiger partial charge in [-0.2, -0.15) is 0 Å². The van der Waals surface area contributed by atoms with Gasteiger partial charge in [0.2, 0.25) is 0 Å². The second-order valence-electron chi connectivity index (χ2n) is 3.07. The van der Waals surface area contributed by atoms with Crippen molar-refractivity contribution in [1.29, 1.82) is 0 Å². The molecule has 1 aliphatic heterocycles. The van der Waals surface area contributed by atoms with E-state index in [1.54, 1.807) is 0 Å². The molecule has 13 heavy (non-hydrogen) atoms. The molecule has 0 aromatic heterocycles. The molecule has 0 spiro atoms. The van der Waals surface area contributed by atoms with Crippen LogP contribution in [-0.2, 0) is 19.1 Å². The van der Waals surface area contributed by atoms with E-state index < -0.39 is 5.97 Å². The lowest BCUT2D eigenvalue weighted by Gasteiger charge is -2.20. The van der Waals surface area contributed by atoms with Crippen LogP contribution in [0.1, 0.15) is 25.7 Å². The maximum absolute atomic E-state index is 11.3. The molecule has 4 nitrogen and oxygen atoms in total. The molecule has 0 saturated carbocycles. The van der Waals surface area contributed by atoms with Gasteiger partial charge in [-0.25, -0.2) is 0 Å². The lowest BCUT2D eigenvalue weighted by atomic mass is 10.0. The van der Waals surface area contributed by atoms with Crippen LogP contribution in [0, 0.1) is 0 Å². The van der Waals surface area contributed by atoms with Crippen molar-refractivity contribution in [3.05, 3.63) is 0 Å². The molecule has 1 atom stereocenters. The quantitative estimate of drug-likeness (QED) is 0.480. The lowest BCUT2D eigenvalue weighted by Crippen LogP contribution is -2.29. The fraction of sp³-hybridized carbons (Fsp3) is 0.778. The molecule has 0 aliphatic carbocycles. The maximum Gasteiger partial charge on any atom is 0.313 e. The summed E-state index contributed by atoms with van der Waals surface area (Å²) in [6, 6.07) is 0. The molecule has 1 saturated heterocycles. The highest BCUT2D eigenvalue weighted by Crippen LogP contribution is 2.14. The van der Waals surface area contributed by atoms with Gasteiger partial charge in [0.15, 0.2) is 5.78 Å². The molecule has 1 fully saturated rings. The van der Waals surface area contributed by atoms with E-state index in [4.69, 9.17) is 4.74 Å². The first-order valence-electron chi connectivity index (χ1n) is 4.45. The van der Waals surface area contributed by atoms with Crippen LogP contribution >= 0.6 is 0 Å². The number of Topliss-reactive ketones (excluding diaryl/α,β-unsaturated/α-hetero) is 1. The fourth-order valence-electron chi connectivity index (χ4n) is 1.32. The third-order valence-electron chi connectivity index (χ3n) is 2.09. The normalized spacial score (nSPS) is 22.4. The number of carbonyl (C=O) groups is 2. The van der Waals surface area contributed by atoms with Crippen LogP contribution in [0.2, 0.25) is 0 Å². The molecule has 1 heterocycles. The molecular weight excluding hydrogens is 172 g/mol. The molecule has 0 bridgehead atoms.